The van der Waals surface area contributed by atoms with Gasteiger partial charge in [0.1, 0.15) is 0 Å². The van der Waals surface area contributed by atoms with Crippen molar-refractivity contribution in [3.63, 3.8) is 0 Å². The van der Waals surface area contributed by atoms with Gasteiger partial charge in [-0.3, -0.25) is 0 Å². The maximum atomic E-state index is 5.75. The Morgan fingerprint density at radius 1 is 1.33 bits per heavy atom. The fraction of sp³-hybridized carbons (Fsp3) is 0.200. The third kappa shape index (κ3) is 3.33. The Labute approximate surface area is 82.6 Å². The van der Waals surface area contributed by atoms with Gasteiger partial charge in [0.25, 0.3) is 0 Å². The quantitative estimate of drug-likeness (QED) is 0.400. The molecule has 0 spiro atoms. The highest BCUT2D eigenvalue weighted by atomic mass is 35.5. The standard InChI is InChI=1S/C10H11ClS/c1-2-3-8-12-10-6-4-9(11)5-7-10/h2,4-7H,1,3,8H2. The zero-order valence-electron chi connectivity index (χ0n) is 6.79. The van der Waals surface area contributed by atoms with Crippen LogP contribution in [0.2, 0.25) is 5.02 Å². The normalized spacial score (nSPS) is 9.75. The van der Waals surface area contributed by atoms with Gasteiger partial charge in [-0.05, 0) is 30.7 Å². The van der Waals surface area contributed by atoms with Crippen LogP contribution in [0.5, 0.6) is 0 Å². The summed E-state index contributed by atoms with van der Waals surface area (Å²) in [5.41, 5.74) is 0. The van der Waals surface area contributed by atoms with Crippen molar-refractivity contribution >= 4 is 23.4 Å². The molecule has 0 unspecified atom stereocenters. The number of hydrogen-bond acceptors (Lipinski definition) is 1. The van der Waals surface area contributed by atoms with Crippen LogP contribution < -0.4 is 0 Å². The Hall–Kier alpha value is -0.400. The van der Waals surface area contributed by atoms with E-state index in [2.05, 4.69) is 6.58 Å². The lowest BCUT2D eigenvalue weighted by atomic mass is 10.4. The van der Waals surface area contributed by atoms with E-state index >= 15 is 0 Å². The molecule has 0 amide bonds. The molecule has 0 aliphatic rings. The molecule has 0 heterocycles. The second kappa shape index (κ2) is 5.28. The molecule has 0 aliphatic carbocycles. The maximum absolute atomic E-state index is 5.75. The summed E-state index contributed by atoms with van der Waals surface area (Å²) in [6.07, 6.45) is 2.98. The Morgan fingerprint density at radius 3 is 2.58 bits per heavy atom. The molecule has 0 aliphatic heterocycles. The molecule has 0 saturated carbocycles. The molecule has 0 fully saturated rings. The molecule has 0 nitrogen and oxygen atoms in total. The zero-order chi connectivity index (χ0) is 8.81. The fourth-order valence-electron chi connectivity index (χ4n) is 0.791. The minimum absolute atomic E-state index is 0.795. The average molecular weight is 199 g/mol. The van der Waals surface area contributed by atoms with Gasteiger partial charge in [-0.2, -0.15) is 0 Å². The summed E-state index contributed by atoms with van der Waals surface area (Å²) in [5, 5.41) is 0.795. The summed E-state index contributed by atoms with van der Waals surface area (Å²) in [4.78, 5) is 1.27. The van der Waals surface area contributed by atoms with Crippen LogP contribution in [0.25, 0.3) is 0 Å². The van der Waals surface area contributed by atoms with Crippen LogP contribution in [0.3, 0.4) is 0 Å². The largest absolute Gasteiger partial charge is 0.126 e. The molecule has 1 rings (SSSR count). The summed E-state index contributed by atoms with van der Waals surface area (Å²) in [6, 6.07) is 7.90. The van der Waals surface area contributed by atoms with E-state index in [1.807, 2.05) is 42.1 Å². The molecule has 0 aromatic heterocycles. The van der Waals surface area contributed by atoms with E-state index in [0.29, 0.717) is 0 Å². The molecule has 0 bridgehead atoms. The highest BCUT2D eigenvalue weighted by Crippen LogP contribution is 2.20. The van der Waals surface area contributed by atoms with Crippen molar-refractivity contribution in [1.82, 2.24) is 0 Å². The third-order valence-corrected chi connectivity index (χ3v) is 2.70. The Morgan fingerprint density at radius 2 is 2.00 bits per heavy atom. The lowest BCUT2D eigenvalue weighted by molar-refractivity contribution is 1.24. The summed E-state index contributed by atoms with van der Waals surface area (Å²) < 4.78 is 0. The second-order valence-corrected chi connectivity index (χ2v) is 3.98. The Kier molecular flexibility index (Phi) is 4.26. The van der Waals surface area contributed by atoms with Crippen molar-refractivity contribution in [2.45, 2.75) is 11.3 Å². The van der Waals surface area contributed by atoms with Gasteiger partial charge in [0.15, 0.2) is 0 Å². The van der Waals surface area contributed by atoms with Crippen LogP contribution in [-0.2, 0) is 0 Å². The lowest BCUT2D eigenvalue weighted by Gasteiger charge is -1.98. The van der Waals surface area contributed by atoms with Crippen molar-refractivity contribution in [2.75, 3.05) is 5.75 Å². The molecule has 0 saturated heterocycles. The van der Waals surface area contributed by atoms with E-state index in [1.54, 1.807) is 0 Å². The predicted octanol–water partition coefficient (Wildman–Crippen LogP) is 4.01. The zero-order valence-corrected chi connectivity index (χ0v) is 8.37. The van der Waals surface area contributed by atoms with Crippen LogP contribution in [0.4, 0.5) is 0 Å². The first kappa shape index (κ1) is 9.69. The predicted molar refractivity (Wildman–Crippen MR) is 57.0 cm³/mol. The van der Waals surface area contributed by atoms with E-state index < -0.39 is 0 Å². The van der Waals surface area contributed by atoms with Gasteiger partial charge in [-0.1, -0.05) is 17.7 Å². The van der Waals surface area contributed by atoms with Crippen LogP contribution in [0, 0.1) is 0 Å². The molecule has 2 heteroatoms. The van der Waals surface area contributed by atoms with Crippen molar-refractivity contribution in [1.29, 1.82) is 0 Å². The van der Waals surface area contributed by atoms with Gasteiger partial charge in [-0.15, -0.1) is 18.3 Å². The van der Waals surface area contributed by atoms with Crippen molar-refractivity contribution in [3.8, 4) is 0 Å². The number of rotatable bonds is 4. The van der Waals surface area contributed by atoms with Crippen LogP contribution >= 0.6 is 23.4 Å². The van der Waals surface area contributed by atoms with E-state index in [9.17, 15) is 0 Å². The highest BCUT2D eigenvalue weighted by Gasteiger charge is 1.91. The number of hydrogen-bond donors (Lipinski definition) is 0. The van der Waals surface area contributed by atoms with Gasteiger partial charge < -0.3 is 0 Å². The topological polar surface area (TPSA) is 0 Å². The van der Waals surface area contributed by atoms with Gasteiger partial charge in [0.2, 0.25) is 0 Å². The average Bonchev–Trinajstić information content (AvgIpc) is 2.09. The second-order valence-electron chi connectivity index (χ2n) is 2.38. The van der Waals surface area contributed by atoms with E-state index in [0.717, 1.165) is 17.2 Å². The number of allylic oxidation sites excluding steroid dienone is 1. The molecule has 0 radical (unpaired) electrons. The first-order valence-electron chi connectivity index (χ1n) is 3.82. The SMILES string of the molecule is C=CCCSc1ccc(Cl)cc1. The van der Waals surface area contributed by atoms with Crippen molar-refractivity contribution in [3.05, 3.63) is 41.9 Å². The first-order valence-corrected chi connectivity index (χ1v) is 5.18. The molecule has 64 valence electrons. The van der Waals surface area contributed by atoms with Gasteiger partial charge in [0.05, 0.1) is 0 Å². The van der Waals surface area contributed by atoms with Gasteiger partial charge >= 0.3 is 0 Å². The Balaban J connectivity index is 2.42. The summed E-state index contributed by atoms with van der Waals surface area (Å²) in [7, 11) is 0. The molecular weight excluding hydrogens is 188 g/mol. The van der Waals surface area contributed by atoms with Gasteiger partial charge in [-0.25, -0.2) is 0 Å². The van der Waals surface area contributed by atoms with Crippen molar-refractivity contribution in [2.24, 2.45) is 0 Å². The van der Waals surface area contributed by atoms with E-state index in [-0.39, 0.29) is 0 Å². The van der Waals surface area contributed by atoms with Gasteiger partial charge in [0, 0.05) is 15.7 Å². The molecule has 0 atom stereocenters. The minimum atomic E-state index is 0.795. The fourth-order valence-corrected chi connectivity index (χ4v) is 1.77. The molecule has 1 aromatic rings. The van der Waals surface area contributed by atoms with Crippen LogP contribution in [-0.4, -0.2) is 5.75 Å². The smallest absolute Gasteiger partial charge is 0.0406 e. The van der Waals surface area contributed by atoms with Crippen molar-refractivity contribution < 1.29 is 0 Å². The summed E-state index contributed by atoms with van der Waals surface area (Å²) in [5.74, 6) is 1.09. The van der Waals surface area contributed by atoms with Crippen LogP contribution in [0.15, 0.2) is 41.8 Å². The molecule has 0 N–H and O–H groups in total. The van der Waals surface area contributed by atoms with E-state index in [4.69, 9.17) is 11.6 Å². The third-order valence-electron chi connectivity index (χ3n) is 1.40. The lowest BCUT2D eigenvalue weighted by Crippen LogP contribution is -1.75. The molecule has 1 aromatic carbocycles. The molecule has 12 heavy (non-hydrogen) atoms. The minimum Gasteiger partial charge on any atom is -0.126 e. The van der Waals surface area contributed by atoms with Crippen LogP contribution in [0.1, 0.15) is 6.42 Å². The summed E-state index contributed by atoms with van der Waals surface area (Å²) >= 11 is 7.57. The summed E-state index contributed by atoms with van der Waals surface area (Å²) in [6.45, 7) is 3.67. The van der Waals surface area contributed by atoms with E-state index in [1.165, 1.54) is 4.90 Å². The monoisotopic (exact) mass is 198 g/mol. The number of halogens is 1. The first-order chi connectivity index (χ1) is 5.83. The Bertz CT molecular complexity index is 241. The molecular formula is C10H11ClS. The number of benzene rings is 1. The number of thioether (sulfide) groups is 1. The highest BCUT2D eigenvalue weighted by molar-refractivity contribution is 7.99. The maximum Gasteiger partial charge on any atom is 0.0406 e.